The number of benzene rings is 3. The van der Waals surface area contributed by atoms with Crippen LogP contribution in [0.1, 0.15) is 66.3 Å². The summed E-state index contributed by atoms with van der Waals surface area (Å²) in [6, 6.07) is 24.3. The minimum atomic E-state index is 0. The van der Waals surface area contributed by atoms with Gasteiger partial charge in [-0.2, -0.15) is 0 Å². The fraction of sp³-hybridized carbons (Fsp3) is 0.400. The van der Waals surface area contributed by atoms with Gasteiger partial charge in [0.1, 0.15) is 17.7 Å². The molecule has 2 aliphatic rings. The maximum absolute atomic E-state index is 6.27. The van der Waals surface area contributed by atoms with Crippen LogP contribution in [0.4, 0.5) is 0 Å². The van der Waals surface area contributed by atoms with Crippen LogP contribution in [0.3, 0.4) is 0 Å². The van der Waals surface area contributed by atoms with Gasteiger partial charge in [0.15, 0.2) is 0 Å². The maximum Gasteiger partial charge on any atom is 0.149 e. The Labute approximate surface area is 210 Å². The molecular weight excluding hydrogens is 442 g/mol. The number of fused-ring (bicyclic) bond motifs is 1. The van der Waals surface area contributed by atoms with Crippen molar-refractivity contribution >= 4 is 12.4 Å². The summed E-state index contributed by atoms with van der Waals surface area (Å²) in [7, 11) is 1.72. The molecule has 34 heavy (non-hydrogen) atoms. The fourth-order valence-electron chi connectivity index (χ4n) is 5.54. The van der Waals surface area contributed by atoms with Crippen LogP contribution in [-0.4, -0.2) is 31.3 Å². The quantitative estimate of drug-likeness (QED) is 0.342. The van der Waals surface area contributed by atoms with Gasteiger partial charge < -0.3 is 9.47 Å². The molecule has 0 spiro atoms. The summed E-state index contributed by atoms with van der Waals surface area (Å²) >= 11 is 0. The molecule has 0 N–H and O–H groups in total. The van der Waals surface area contributed by atoms with Crippen molar-refractivity contribution < 1.29 is 9.47 Å². The monoisotopic (exact) mass is 477 g/mol. The van der Waals surface area contributed by atoms with Crippen molar-refractivity contribution in [2.24, 2.45) is 0 Å². The van der Waals surface area contributed by atoms with E-state index in [1.807, 2.05) is 0 Å². The highest BCUT2D eigenvalue weighted by Gasteiger charge is 2.24. The Morgan fingerprint density at radius 2 is 1.35 bits per heavy atom. The van der Waals surface area contributed by atoms with E-state index in [1.165, 1.54) is 60.8 Å². The molecule has 1 saturated heterocycles. The minimum absolute atomic E-state index is 0. The first-order chi connectivity index (χ1) is 16.2. The summed E-state index contributed by atoms with van der Waals surface area (Å²) in [6.45, 7) is 4.44. The van der Waals surface area contributed by atoms with Gasteiger partial charge in [-0.05, 0) is 97.5 Å². The second kappa shape index (κ2) is 11.3. The molecule has 180 valence electrons. The highest BCUT2D eigenvalue weighted by Crippen LogP contribution is 2.38. The van der Waals surface area contributed by atoms with E-state index in [0.717, 1.165) is 24.6 Å². The summed E-state index contributed by atoms with van der Waals surface area (Å²) in [4.78, 5) is 2.42. The molecule has 0 amide bonds. The highest BCUT2D eigenvalue weighted by molar-refractivity contribution is 5.85. The summed E-state index contributed by atoms with van der Waals surface area (Å²) < 4.78 is 11.7. The van der Waals surface area contributed by atoms with Gasteiger partial charge in [-0.3, -0.25) is 4.90 Å². The Morgan fingerprint density at radius 1 is 0.735 bits per heavy atom. The molecule has 3 aromatic rings. The van der Waals surface area contributed by atoms with Crippen LogP contribution >= 0.6 is 12.4 Å². The van der Waals surface area contributed by atoms with Gasteiger partial charge in [0.2, 0.25) is 0 Å². The lowest BCUT2D eigenvalue weighted by atomic mass is 9.78. The second-order valence-electron chi connectivity index (χ2n) is 9.43. The van der Waals surface area contributed by atoms with Crippen LogP contribution < -0.4 is 9.47 Å². The van der Waals surface area contributed by atoms with E-state index in [9.17, 15) is 0 Å². The Balaban J connectivity index is 0.00000274. The largest absolute Gasteiger partial charge is 0.497 e. The zero-order chi connectivity index (χ0) is 22.6. The van der Waals surface area contributed by atoms with E-state index in [-0.39, 0.29) is 24.6 Å². The van der Waals surface area contributed by atoms with Crippen LogP contribution in [-0.2, 0) is 12.8 Å². The molecule has 1 aliphatic carbocycles. The predicted octanol–water partition coefficient (Wildman–Crippen LogP) is 7.00. The van der Waals surface area contributed by atoms with Crippen molar-refractivity contribution in [1.82, 2.24) is 4.90 Å². The molecule has 0 saturated carbocycles. The molecule has 5 rings (SSSR count). The SMILES string of the molecule is COc1ccc(C(c2ccc(OC(C)N3CCCC3)cc2)c2cccc3c2CCCC3)cc1.Cl. The molecule has 1 heterocycles. The number of aryl methyl sites for hydroxylation is 1. The van der Waals surface area contributed by atoms with Crippen molar-refractivity contribution in [2.45, 2.75) is 57.6 Å². The first kappa shape index (κ1) is 24.6. The minimum Gasteiger partial charge on any atom is -0.497 e. The van der Waals surface area contributed by atoms with E-state index in [1.54, 1.807) is 12.7 Å². The van der Waals surface area contributed by atoms with E-state index in [0.29, 0.717) is 0 Å². The van der Waals surface area contributed by atoms with Crippen molar-refractivity contribution in [2.75, 3.05) is 20.2 Å². The molecule has 3 aromatic carbocycles. The zero-order valence-electron chi connectivity index (χ0n) is 20.3. The second-order valence-corrected chi connectivity index (χ2v) is 9.43. The van der Waals surface area contributed by atoms with Crippen LogP contribution in [0.15, 0.2) is 66.7 Å². The van der Waals surface area contributed by atoms with Gasteiger partial charge in [-0.1, -0.05) is 42.5 Å². The average molecular weight is 478 g/mol. The molecule has 0 bridgehead atoms. The van der Waals surface area contributed by atoms with E-state index in [2.05, 4.69) is 78.6 Å². The summed E-state index contributed by atoms with van der Waals surface area (Å²) in [5.74, 6) is 2.04. The molecule has 0 radical (unpaired) electrons. The van der Waals surface area contributed by atoms with Crippen molar-refractivity contribution in [3.05, 3.63) is 94.5 Å². The lowest BCUT2D eigenvalue weighted by Crippen LogP contribution is -2.34. The third-order valence-corrected chi connectivity index (χ3v) is 7.37. The van der Waals surface area contributed by atoms with Gasteiger partial charge in [0, 0.05) is 19.0 Å². The molecule has 1 aliphatic heterocycles. The Kier molecular flexibility index (Phi) is 8.18. The highest BCUT2D eigenvalue weighted by atomic mass is 35.5. The smallest absolute Gasteiger partial charge is 0.149 e. The third kappa shape index (κ3) is 5.26. The number of ether oxygens (including phenoxy) is 2. The Hall–Kier alpha value is -2.49. The van der Waals surface area contributed by atoms with Gasteiger partial charge in [-0.25, -0.2) is 0 Å². The van der Waals surface area contributed by atoms with E-state index >= 15 is 0 Å². The molecule has 3 nitrogen and oxygen atoms in total. The van der Waals surface area contributed by atoms with Crippen LogP contribution in [0.2, 0.25) is 0 Å². The van der Waals surface area contributed by atoms with Gasteiger partial charge in [0.25, 0.3) is 0 Å². The summed E-state index contributed by atoms with van der Waals surface area (Å²) in [5, 5.41) is 0. The molecule has 1 fully saturated rings. The third-order valence-electron chi connectivity index (χ3n) is 7.37. The fourth-order valence-corrected chi connectivity index (χ4v) is 5.54. The normalized spacial score (nSPS) is 17.4. The summed E-state index contributed by atoms with van der Waals surface area (Å²) in [5.41, 5.74) is 7.12. The molecule has 4 heteroatoms. The summed E-state index contributed by atoms with van der Waals surface area (Å²) in [6.07, 6.45) is 7.62. The average Bonchev–Trinajstić information content (AvgIpc) is 3.41. The van der Waals surface area contributed by atoms with Crippen molar-refractivity contribution in [3.63, 3.8) is 0 Å². The first-order valence-corrected chi connectivity index (χ1v) is 12.5. The first-order valence-electron chi connectivity index (χ1n) is 12.5. The number of hydrogen-bond donors (Lipinski definition) is 0. The van der Waals surface area contributed by atoms with Gasteiger partial charge in [-0.15, -0.1) is 12.4 Å². The van der Waals surface area contributed by atoms with Crippen LogP contribution in [0.5, 0.6) is 11.5 Å². The maximum atomic E-state index is 6.27. The number of rotatable bonds is 7. The number of hydrogen-bond acceptors (Lipinski definition) is 3. The number of methoxy groups -OCH3 is 1. The van der Waals surface area contributed by atoms with Crippen molar-refractivity contribution in [1.29, 1.82) is 0 Å². The lowest BCUT2D eigenvalue weighted by molar-refractivity contribution is 0.0592. The standard InChI is InChI=1S/C30H35NO2.ClH/c1-22(31-20-5-6-21-31)33-27-18-14-25(15-19-27)30(24-12-16-26(32-2)17-13-24)29-11-7-9-23-8-3-4-10-28(23)29;/h7,9,11-19,22,30H,3-6,8,10,20-21H2,1-2H3;1H. The topological polar surface area (TPSA) is 21.7 Å². The van der Waals surface area contributed by atoms with E-state index < -0.39 is 0 Å². The molecule has 2 atom stereocenters. The Morgan fingerprint density at radius 3 is 2.00 bits per heavy atom. The van der Waals surface area contributed by atoms with Gasteiger partial charge in [0.05, 0.1) is 7.11 Å². The zero-order valence-corrected chi connectivity index (χ0v) is 21.2. The lowest BCUT2D eigenvalue weighted by Gasteiger charge is -2.27. The molecular formula is C30H36ClNO2. The number of likely N-dealkylation sites (tertiary alicyclic amines) is 1. The van der Waals surface area contributed by atoms with Gasteiger partial charge >= 0.3 is 0 Å². The predicted molar refractivity (Wildman–Crippen MR) is 142 cm³/mol. The van der Waals surface area contributed by atoms with Crippen LogP contribution in [0.25, 0.3) is 0 Å². The molecule has 0 aromatic heterocycles. The number of halogens is 1. The van der Waals surface area contributed by atoms with Crippen molar-refractivity contribution in [3.8, 4) is 11.5 Å². The number of nitrogens with zero attached hydrogens (tertiary/aromatic N) is 1. The van der Waals surface area contributed by atoms with E-state index in [4.69, 9.17) is 9.47 Å². The van der Waals surface area contributed by atoms with Crippen LogP contribution in [0, 0.1) is 0 Å². The molecule has 2 unspecified atom stereocenters. The Bertz CT molecular complexity index is 1060.